The van der Waals surface area contributed by atoms with Crippen molar-refractivity contribution in [3.8, 4) is 0 Å². The molecule has 0 aliphatic carbocycles. The molecule has 0 aromatic rings. The van der Waals surface area contributed by atoms with Crippen molar-refractivity contribution in [2.24, 2.45) is 0 Å². The number of ether oxygens (including phenoxy) is 1. The summed E-state index contributed by atoms with van der Waals surface area (Å²) in [5, 5.41) is 8.35. The standard InChI is InChI=1S/C9H16O3/c1-3-4-8(2)7-9(11)12-6-5-10/h7,10H,3-6H2,1-2H3/b8-7+. The molecule has 0 aliphatic heterocycles. The van der Waals surface area contributed by atoms with E-state index in [1.54, 1.807) is 0 Å². The van der Waals surface area contributed by atoms with Crippen LogP contribution in [0.1, 0.15) is 26.7 Å². The molecule has 0 saturated carbocycles. The molecule has 0 bridgehead atoms. The van der Waals surface area contributed by atoms with Gasteiger partial charge in [-0.15, -0.1) is 0 Å². The zero-order chi connectivity index (χ0) is 9.40. The average Bonchev–Trinajstić information content (AvgIpc) is 2.01. The summed E-state index contributed by atoms with van der Waals surface area (Å²) in [7, 11) is 0. The van der Waals surface area contributed by atoms with Crippen LogP contribution in [0.15, 0.2) is 11.6 Å². The Morgan fingerprint density at radius 2 is 2.25 bits per heavy atom. The third-order valence-corrected chi connectivity index (χ3v) is 1.34. The minimum atomic E-state index is -0.366. The fourth-order valence-corrected chi connectivity index (χ4v) is 0.856. The zero-order valence-electron chi connectivity index (χ0n) is 7.67. The van der Waals surface area contributed by atoms with Gasteiger partial charge < -0.3 is 9.84 Å². The lowest BCUT2D eigenvalue weighted by Gasteiger charge is -1.99. The largest absolute Gasteiger partial charge is 0.460 e. The quantitative estimate of drug-likeness (QED) is 0.501. The van der Waals surface area contributed by atoms with E-state index >= 15 is 0 Å². The summed E-state index contributed by atoms with van der Waals surface area (Å²) in [5.41, 5.74) is 1.01. The van der Waals surface area contributed by atoms with Crippen LogP contribution in [0.3, 0.4) is 0 Å². The van der Waals surface area contributed by atoms with Gasteiger partial charge in [-0.05, 0) is 13.3 Å². The molecular weight excluding hydrogens is 156 g/mol. The highest BCUT2D eigenvalue weighted by Gasteiger charge is 1.97. The number of hydrogen-bond donors (Lipinski definition) is 1. The molecule has 0 fully saturated rings. The van der Waals surface area contributed by atoms with Gasteiger partial charge in [0.2, 0.25) is 0 Å². The monoisotopic (exact) mass is 172 g/mol. The van der Waals surface area contributed by atoms with Crippen molar-refractivity contribution in [3.63, 3.8) is 0 Å². The first-order valence-corrected chi connectivity index (χ1v) is 4.15. The van der Waals surface area contributed by atoms with Gasteiger partial charge in [0.1, 0.15) is 6.61 Å². The molecular formula is C9H16O3. The molecule has 12 heavy (non-hydrogen) atoms. The van der Waals surface area contributed by atoms with Crippen LogP contribution >= 0.6 is 0 Å². The van der Waals surface area contributed by atoms with Crippen molar-refractivity contribution in [1.29, 1.82) is 0 Å². The van der Waals surface area contributed by atoms with Crippen LogP contribution in [-0.2, 0) is 9.53 Å². The van der Waals surface area contributed by atoms with Crippen molar-refractivity contribution in [3.05, 3.63) is 11.6 Å². The summed E-state index contributed by atoms with van der Waals surface area (Å²) >= 11 is 0. The minimum Gasteiger partial charge on any atom is -0.460 e. The molecule has 0 heterocycles. The van der Waals surface area contributed by atoms with Gasteiger partial charge in [0, 0.05) is 6.08 Å². The predicted molar refractivity (Wildman–Crippen MR) is 46.7 cm³/mol. The summed E-state index contributed by atoms with van der Waals surface area (Å²) in [6.45, 7) is 3.90. The third-order valence-electron chi connectivity index (χ3n) is 1.34. The van der Waals surface area contributed by atoms with Crippen LogP contribution in [0, 0.1) is 0 Å². The molecule has 0 aromatic heterocycles. The van der Waals surface area contributed by atoms with Crippen molar-refractivity contribution >= 4 is 5.97 Å². The Morgan fingerprint density at radius 3 is 2.75 bits per heavy atom. The molecule has 0 radical (unpaired) electrons. The molecule has 0 atom stereocenters. The molecule has 3 heteroatoms. The van der Waals surface area contributed by atoms with Gasteiger partial charge in [-0.3, -0.25) is 0 Å². The van der Waals surface area contributed by atoms with Gasteiger partial charge in [0.25, 0.3) is 0 Å². The van der Waals surface area contributed by atoms with Crippen LogP contribution in [-0.4, -0.2) is 24.3 Å². The Bertz CT molecular complexity index is 161. The van der Waals surface area contributed by atoms with E-state index < -0.39 is 0 Å². The Hall–Kier alpha value is -0.830. The van der Waals surface area contributed by atoms with E-state index in [4.69, 9.17) is 5.11 Å². The molecule has 0 amide bonds. The van der Waals surface area contributed by atoms with E-state index in [0.29, 0.717) is 0 Å². The van der Waals surface area contributed by atoms with Crippen molar-refractivity contribution in [2.45, 2.75) is 26.7 Å². The fourth-order valence-electron chi connectivity index (χ4n) is 0.856. The minimum absolute atomic E-state index is 0.0781. The van der Waals surface area contributed by atoms with Gasteiger partial charge in [-0.25, -0.2) is 4.79 Å². The molecule has 0 saturated heterocycles. The maximum atomic E-state index is 10.9. The zero-order valence-corrected chi connectivity index (χ0v) is 7.67. The smallest absolute Gasteiger partial charge is 0.330 e. The van der Waals surface area contributed by atoms with Crippen LogP contribution in [0.5, 0.6) is 0 Å². The topological polar surface area (TPSA) is 46.5 Å². The van der Waals surface area contributed by atoms with E-state index in [1.165, 1.54) is 6.08 Å². The Kier molecular flexibility index (Phi) is 6.38. The summed E-state index contributed by atoms with van der Waals surface area (Å²) in [4.78, 5) is 10.9. The predicted octanol–water partition coefficient (Wildman–Crippen LogP) is 1.27. The second-order valence-electron chi connectivity index (χ2n) is 2.63. The van der Waals surface area contributed by atoms with Gasteiger partial charge in [0.15, 0.2) is 0 Å². The molecule has 0 spiro atoms. The Morgan fingerprint density at radius 1 is 1.58 bits per heavy atom. The first-order valence-electron chi connectivity index (χ1n) is 4.15. The number of carbonyl (C=O) groups excluding carboxylic acids is 1. The second-order valence-corrected chi connectivity index (χ2v) is 2.63. The van der Waals surface area contributed by atoms with Crippen molar-refractivity contribution in [1.82, 2.24) is 0 Å². The maximum absolute atomic E-state index is 10.9. The molecule has 0 unspecified atom stereocenters. The van der Waals surface area contributed by atoms with Crippen molar-refractivity contribution in [2.75, 3.05) is 13.2 Å². The molecule has 3 nitrogen and oxygen atoms in total. The SMILES string of the molecule is CCC/C(C)=C/C(=O)OCCO. The van der Waals surface area contributed by atoms with E-state index in [1.807, 2.05) is 6.92 Å². The van der Waals surface area contributed by atoms with Gasteiger partial charge in [-0.1, -0.05) is 18.9 Å². The Labute approximate surface area is 73.0 Å². The highest BCUT2D eigenvalue weighted by Crippen LogP contribution is 2.02. The number of hydrogen-bond acceptors (Lipinski definition) is 3. The number of aliphatic hydroxyl groups excluding tert-OH is 1. The van der Waals surface area contributed by atoms with Crippen LogP contribution in [0.25, 0.3) is 0 Å². The third kappa shape index (κ3) is 5.92. The van der Waals surface area contributed by atoms with Gasteiger partial charge in [0.05, 0.1) is 6.61 Å². The number of esters is 1. The summed E-state index contributed by atoms with van der Waals surface area (Å²) < 4.78 is 4.64. The van der Waals surface area contributed by atoms with E-state index in [-0.39, 0.29) is 19.2 Å². The van der Waals surface area contributed by atoms with Gasteiger partial charge in [-0.2, -0.15) is 0 Å². The Balaban J connectivity index is 3.71. The number of aliphatic hydroxyl groups is 1. The van der Waals surface area contributed by atoms with Crippen molar-refractivity contribution < 1.29 is 14.6 Å². The average molecular weight is 172 g/mol. The number of carbonyl (C=O) groups is 1. The highest BCUT2D eigenvalue weighted by molar-refractivity contribution is 5.82. The summed E-state index contributed by atoms with van der Waals surface area (Å²) in [6.07, 6.45) is 3.41. The molecule has 70 valence electrons. The summed E-state index contributed by atoms with van der Waals surface area (Å²) in [5.74, 6) is -0.366. The summed E-state index contributed by atoms with van der Waals surface area (Å²) in [6, 6.07) is 0. The molecule has 0 aliphatic rings. The first kappa shape index (κ1) is 11.2. The molecule has 0 rings (SSSR count). The maximum Gasteiger partial charge on any atom is 0.330 e. The lowest BCUT2D eigenvalue weighted by Crippen LogP contribution is -2.05. The second kappa shape index (κ2) is 6.85. The van der Waals surface area contributed by atoms with Gasteiger partial charge >= 0.3 is 5.97 Å². The van der Waals surface area contributed by atoms with E-state index in [0.717, 1.165) is 18.4 Å². The van der Waals surface area contributed by atoms with Crippen LogP contribution in [0.2, 0.25) is 0 Å². The highest BCUT2D eigenvalue weighted by atomic mass is 16.5. The van der Waals surface area contributed by atoms with E-state index in [9.17, 15) is 4.79 Å². The first-order chi connectivity index (χ1) is 5.70. The van der Waals surface area contributed by atoms with Crippen LogP contribution in [0.4, 0.5) is 0 Å². The lowest BCUT2D eigenvalue weighted by molar-refractivity contribution is -0.138. The molecule has 0 aromatic carbocycles. The fraction of sp³-hybridized carbons (Fsp3) is 0.667. The lowest BCUT2D eigenvalue weighted by atomic mass is 10.2. The molecule has 1 N–H and O–H groups in total. The number of allylic oxidation sites excluding steroid dienone is 1. The number of rotatable bonds is 5. The van der Waals surface area contributed by atoms with Crippen LogP contribution < -0.4 is 0 Å². The van der Waals surface area contributed by atoms with E-state index in [2.05, 4.69) is 11.7 Å². The normalized spacial score (nSPS) is 11.4.